The standard InChI is InChI=1S/C13H16N2O3S/c14-19(17,18)9-4-1-3-8(7-9)15-13(16)12-10-5-2-6-11(10)12/h1,3-4,7,10-12H,2,5-6H2,(H,15,16)(H2,14,17,18). The zero-order valence-electron chi connectivity index (χ0n) is 10.4. The number of rotatable bonds is 3. The van der Waals surface area contributed by atoms with E-state index < -0.39 is 10.0 Å². The van der Waals surface area contributed by atoms with Gasteiger partial charge in [-0.15, -0.1) is 0 Å². The molecular formula is C13H16N2O3S. The zero-order valence-corrected chi connectivity index (χ0v) is 11.2. The maximum absolute atomic E-state index is 12.1. The third-order valence-electron chi connectivity index (χ3n) is 4.14. The highest BCUT2D eigenvalue weighted by molar-refractivity contribution is 7.89. The Morgan fingerprint density at radius 1 is 1.26 bits per heavy atom. The van der Waals surface area contributed by atoms with Crippen molar-refractivity contribution in [3.63, 3.8) is 0 Å². The molecule has 0 saturated heterocycles. The largest absolute Gasteiger partial charge is 0.326 e. The van der Waals surface area contributed by atoms with E-state index >= 15 is 0 Å². The lowest BCUT2D eigenvalue weighted by Gasteiger charge is -2.07. The molecule has 0 spiro atoms. The number of hydrogen-bond donors (Lipinski definition) is 2. The number of nitrogens with two attached hydrogens (primary N) is 1. The average Bonchev–Trinajstić information content (AvgIpc) is 2.83. The molecule has 0 aromatic heterocycles. The van der Waals surface area contributed by atoms with Crippen molar-refractivity contribution < 1.29 is 13.2 Å². The summed E-state index contributed by atoms with van der Waals surface area (Å²) >= 11 is 0. The van der Waals surface area contributed by atoms with Gasteiger partial charge in [-0.25, -0.2) is 13.6 Å². The third kappa shape index (κ3) is 2.37. The molecule has 19 heavy (non-hydrogen) atoms. The van der Waals surface area contributed by atoms with Crippen LogP contribution in [0.15, 0.2) is 29.2 Å². The van der Waals surface area contributed by atoms with E-state index in [1.807, 2.05) is 0 Å². The van der Waals surface area contributed by atoms with Crippen LogP contribution in [0.1, 0.15) is 19.3 Å². The number of hydrogen-bond acceptors (Lipinski definition) is 3. The van der Waals surface area contributed by atoms with Crippen molar-refractivity contribution in [2.45, 2.75) is 24.2 Å². The van der Waals surface area contributed by atoms with E-state index in [1.54, 1.807) is 12.1 Å². The van der Waals surface area contributed by atoms with Gasteiger partial charge in [0, 0.05) is 11.6 Å². The van der Waals surface area contributed by atoms with Gasteiger partial charge in [0.15, 0.2) is 0 Å². The summed E-state index contributed by atoms with van der Waals surface area (Å²) in [5.41, 5.74) is 0.487. The van der Waals surface area contributed by atoms with Crippen molar-refractivity contribution in [1.29, 1.82) is 0 Å². The molecule has 1 aromatic carbocycles. The molecule has 2 unspecified atom stereocenters. The molecule has 0 aliphatic heterocycles. The Morgan fingerprint density at radius 3 is 2.58 bits per heavy atom. The molecule has 3 rings (SSSR count). The van der Waals surface area contributed by atoms with E-state index in [0.29, 0.717) is 17.5 Å². The fourth-order valence-electron chi connectivity index (χ4n) is 3.19. The second-order valence-corrected chi connectivity index (χ2v) is 6.91. The third-order valence-corrected chi connectivity index (χ3v) is 5.05. The van der Waals surface area contributed by atoms with Crippen LogP contribution in [0, 0.1) is 17.8 Å². The molecule has 102 valence electrons. The van der Waals surface area contributed by atoms with Crippen LogP contribution in [0.5, 0.6) is 0 Å². The van der Waals surface area contributed by atoms with Crippen molar-refractivity contribution in [1.82, 2.24) is 0 Å². The lowest BCUT2D eigenvalue weighted by Crippen LogP contribution is -2.17. The number of sulfonamides is 1. The van der Waals surface area contributed by atoms with E-state index in [9.17, 15) is 13.2 Å². The predicted octanol–water partition coefficient (Wildman–Crippen LogP) is 1.32. The molecule has 0 bridgehead atoms. The van der Waals surface area contributed by atoms with Crippen LogP contribution in [-0.2, 0) is 14.8 Å². The minimum atomic E-state index is -3.73. The Bertz CT molecular complexity index is 617. The highest BCUT2D eigenvalue weighted by Gasteiger charge is 2.56. The van der Waals surface area contributed by atoms with Gasteiger partial charge >= 0.3 is 0 Å². The molecule has 2 aliphatic rings. The lowest BCUT2D eigenvalue weighted by molar-refractivity contribution is -0.118. The molecule has 2 saturated carbocycles. The van der Waals surface area contributed by atoms with Crippen LogP contribution in [-0.4, -0.2) is 14.3 Å². The molecule has 2 fully saturated rings. The van der Waals surface area contributed by atoms with Crippen LogP contribution >= 0.6 is 0 Å². The van der Waals surface area contributed by atoms with Crippen LogP contribution < -0.4 is 10.5 Å². The van der Waals surface area contributed by atoms with Gasteiger partial charge < -0.3 is 5.32 Å². The van der Waals surface area contributed by atoms with Crippen LogP contribution in [0.25, 0.3) is 0 Å². The Labute approximate surface area is 112 Å². The molecule has 0 heterocycles. The summed E-state index contributed by atoms with van der Waals surface area (Å²) in [5.74, 6) is 1.20. The van der Waals surface area contributed by atoms with E-state index in [0.717, 1.165) is 12.8 Å². The molecule has 2 aliphatic carbocycles. The number of benzene rings is 1. The topological polar surface area (TPSA) is 89.3 Å². The minimum Gasteiger partial charge on any atom is -0.326 e. The Morgan fingerprint density at radius 2 is 1.95 bits per heavy atom. The maximum Gasteiger partial charge on any atom is 0.238 e. The second-order valence-electron chi connectivity index (χ2n) is 5.35. The zero-order chi connectivity index (χ0) is 13.6. The maximum atomic E-state index is 12.1. The first-order chi connectivity index (χ1) is 8.97. The van der Waals surface area contributed by atoms with E-state index in [4.69, 9.17) is 5.14 Å². The number of fused-ring (bicyclic) bond motifs is 1. The predicted molar refractivity (Wildman–Crippen MR) is 70.8 cm³/mol. The normalized spacial score (nSPS) is 28.8. The lowest BCUT2D eigenvalue weighted by atomic mass is 10.1. The highest BCUT2D eigenvalue weighted by Crippen LogP contribution is 2.57. The first-order valence-electron chi connectivity index (χ1n) is 6.40. The molecule has 1 aromatic rings. The Kier molecular flexibility index (Phi) is 2.87. The molecule has 2 atom stereocenters. The van der Waals surface area contributed by atoms with Gasteiger partial charge in [0.1, 0.15) is 0 Å². The van der Waals surface area contributed by atoms with Gasteiger partial charge in [0.25, 0.3) is 0 Å². The second kappa shape index (κ2) is 4.31. The van der Waals surface area contributed by atoms with E-state index in [1.165, 1.54) is 18.6 Å². The summed E-state index contributed by atoms with van der Waals surface area (Å²) in [5, 5.41) is 7.85. The number of anilines is 1. The number of amides is 1. The van der Waals surface area contributed by atoms with Gasteiger partial charge in [-0.3, -0.25) is 4.79 Å². The molecule has 3 N–H and O–H groups in total. The quantitative estimate of drug-likeness (QED) is 0.875. The molecule has 5 nitrogen and oxygen atoms in total. The number of primary sulfonamides is 1. The molecular weight excluding hydrogens is 264 g/mol. The van der Waals surface area contributed by atoms with Crippen molar-refractivity contribution >= 4 is 21.6 Å². The van der Waals surface area contributed by atoms with Gasteiger partial charge in [0.05, 0.1) is 4.90 Å². The number of nitrogens with one attached hydrogen (secondary N) is 1. The summed E-state index contributed by atoms with van der Waals surface area (Å²) < 4.78 is 22.5. The summed E-state index contributed by atoms with van der Waals surface area (Å²) in [6.45, 7) is 0. The van der Waals surface area contributed by atoms with E-state index in [-0.39, 0.29) is 16.7 Å². The van der Waals surface area contributed by atoms with Crippen LogP contribution in [0.4, 0.5) is 5.69 Å². The Balaban J connectivity index is 1.72. The fourth-order valence-corrected chi connectivity index (χ4v) is 3.75. The van der Waals surface area contributed by atoms with Crippen LogP contribution in [0.3, 0.4) is 0 Å². The minimum absolute atomic E-state index is 0.00118. The van der Waals surface area contributed by atoms with Gasteiger partial charge in [-0.1, -0.05) is 12.5 Å². The van der Waals surface area contributed by atoms with Crippen molar-refractivity contribution in [2.24, 2.45) is 22.9 Å². The van der Waals surface area contributed by atoms with Crippen molar-refractivity contribution in [3.05, 3.63) is 24.3 Å². The van der Waals surface area contributed by atoms with Gasteiger partial charge in [-0.05, 0) is 42.9 Å². The van der Waals surface area contributed by atoms with E-state index in [2.05, 4.69) is 5.32 Å². The fraction of sp³-hybridized carbons (Fsp3) is 0.462. The first-order valence-corrected chi connectivity index (χ1v) is 7.95. The number of carbonyl (C=O) groups excluding carboxylic acids is 1. The van der Waals surface area contributed by atoms with Crippen LogP contribution in [0.2, 0.25) is 0 Å². The van der Waals surface area contributed by atoms with Gasteiger partial charge in [0.2, 0.25) is 15.9 Å². The van der Waals surface area contributed by atoms with Crippen molar-refractivity contribution in [2.75, 3.05) is 5.32 Å². The summed E-state index contributed by atoms with van der Waals surface area (Å²) in [6.07, 6.45) is 3.50. The first kappa shape index (κ1) is 12.6. The average molecular weight is 280 g/mol. The SMILES string of the molecule is NS(=O)(=O)c1cccc(NC(=O)C2C3CCCC32)c1. The summed E-state index contributed by atoms with van der Waals surface area (Å²) in [4.78, 5) is 12.1. The molecule has 1 amide bonds. The Hall–Kier alpha value is -1.40. The number of carbonyl (C=O) groups is 1. The molecule has 6 heteroatoms. The van der Waals surface area contributed by atoms with Crippen molar-refractivity contribution in [3.8, 4) is 0 Å². The van der Waals surface area contributed by atoms with Gasteiger partial charge in [-0.2, -0.15) is 0 Å². The summed E-state index contributed by atoms with van der Waals surface area (Å²) in [7, 11) is -3.73. The summed E-state index contributed by atoms with van der Waals surface area (Å²) in [6, 6.07) is 6.05. The monoisotopic (exact) mass is 280 g/mol. The smallest absolute Gasteiger partial charge is 0.238 e. The molecule has 0 radical (unpaired) electrons. The highest BCUT2D eigenvalue weighted by atomic mass is 32.2.